The molecular formula is C16H24O2. The van der Waals surface area contributed by atoms with Crippen molar-refractivity contribution in [2.24, 2.45) is 16.7 Å². The van der Waals surface area contributed by atoms with E-state index in [-0.39, 0.29) is 17.0 Å². The quantitative estimate of drug-likeness (QED) is 0.609. The molecule has 100 valence electrons. The standard InChI is InChI=1S/C16H24O2/c1-14(2)7-5-8-15(3)11(14)6-9-16(4)12(15)10-13(17)18-16/h10-11H,5-9H2,1-4H3/t11?,15-,16+/m0/s1. The zero-order valence-electron chi connectivity index (χ0n) is 12.0. The Labute approximate surface area is 110 Å². The summed E-state index contributed by atoms with van der Waals surface area (Å²) >= 11 is 0. The Morgan fingerprint density at radius 1 is 1.17 bits per heavy atom. The van der Waals surface area contributed by atoms with E-state index in [1.165, 1.54) is 31.3 Å². The van der Waals surface area contributed by atoms with Gasteiger partial charge in [-0.1, -0.05) is 27.2 Å². The van der Waals surface area contributed by atoms with Crippen molar-refractivity contribution in [3.8, 4) is 0 Å². The molecule has 2 aliphatic carbocycles. The third kappa shape index (κ3) is 1.44. The average molecular weight is 248 g/mol. The van der Waals surface area contributed by atoms with Gasteiger partial charge in [0.05, 0.1) is 0 Å². The maximum atomic E-state index is 11.7. The molecular weight excluding hydrogens is 224 g/mol. The Kier molecular flexibility index (Phi) is 2.31. The van der Waals surface area contributed by atoms with Gasteiger partial charge in [0.15, 0.2) is 0 Å². The predicted octanol–water partition coefficient (Wildman–Crippen LogP) is 3.85. The molecule has 3 aliphatic rings. The first-order chi connectivity index (χ1) is 8.28. The minimum absolute atomic E-state index is 0.127. The van der Waals surface area contributed by atoms with Crippen LogP contribution in [0.5, 0.6) is 0 Å². The minimum Gasteiger partial charge on any atom is -0.452 e. The Morgan fingerprint density at radius 2 is 1.89 bits per heavy atom. The zero-order chi connectivity index (χ0) is 13.2. The molecule has 2 saturated carbocycles. The highest BCUT2D eigenvalue weighted by molar-refractivity contribution is 5.87. The highest BCUT2D eigenvalue weighted by atomic mass is 16.6. The van der Waals surface area contributed by atoms with Crippen LogP contribution in [0.4, 0.5) is 0 Å². The van der Waals surface area contributed by atoms with E-state index >= 15 is 0 Å². The van der Waals surface area contributed by atoms with Gasteiger partial charge in [-0.25, -0.2) is 4.79 Å². The number of ether oxygens (including phenoxy) is 1. The highest BCUT2D eigenvalue weighted by Crippen LogP contribution is 2.63. The van der Waals surface area contributed by atoms with Crippen molar-refractivity contribution in [1.82, 2.24) is 0 Å². The molecule has 0 spiro atoms. The third-order valence-corrected chi connectivity index (χ3v) is 5.91. The predicted molar refractivity (Wildman–Crippen MR) is 71.0 cm³/mol. The van der Waals surface area contributed by atoms with Crippen molar-refractivity contribution < 1.29 is 9.53 Å². The van der Waals surface area contributed by atoms with Crippen LogP contribution >= 0.6 is 0 Å². The molecule has 2 nitrogen and oxygen atoms in total. The lowest BCUT2D eigenvalue weighted by atomic mass is 9.48. The second kappa shape index (κ2) is 3.40. The fourth-order valence-corrected chi connectivity index (χ4v) is 5.11. The van der Waals surface area contributed by atoms with E-state index in [0.717, 1.165) is 6.42 Å². The number of esters is 1. The van der Waals surface area contributed by atoms with Gasteiger partial charge in [0.2, 0.25) is 0 Å². The first kappa shape index (κ1) is 12.3. The number of carbonyl (C=O) groups is 1. The number of fused-ring (bicyclic) bond motifs is 3. The van der Waals surface area contributed by atoms with Crippen LogP contribution in [0.3, 0.4) is 0 Å². The van der Waals surface area contributed by atoms with Crippen LogP contribution in [-0.2, 0) is 9.53 Å². The van der Waals surface area contributed by atoms with E-state index in [2.05, 4.69) is 27.7 Å². The zero-order valence-corrected chi connectivity index (χ0v) is 12.0. The summed E-state index contributed by atoms with van der Waals surface area (Å²) in [4.78, 5) is 11.7. The third-order valence-electron chi connectivity index (χ3n) is 5.91. The Bertz CT molecular complexity index is 434. The molecule has 0 radical (unpaired) electrons. The topological polar surface area (TPSA) is 26.3 Å². The van der Waals surface area contributed by atoms with E-state index in [1.807, 2.05) is 0 Å². The Morgan fingerprint density at radius 3 is 2.61 bits per heavy atom. The molecule has 0 saturated heterocycles. The number of hydrogen-bond acceptors (Lipinski definition) is 2. The molecule has 0 aromatic carbocycles. The Balaban J connectivity index is 2.07. The van der Waals surface area contributed by atoms with Gasteiger partial charge >= 0.3 is 5.97 Å². The second-order valence-corrected chi connectivity index (χ2v) is 7.56. The maximum Gasteiger partial charge on any atom is 0.331 e. The van der Waals surface area contributed by atoms with E-state index in [0.29, 0.717) is 11.3 Å². The minimum atomic E-state index is -0.310. The summed E-state index contributed by atoms with van der Waals surface area (Å²) in [6, 6.07) is 0. The fraction of sp³-hybridized carbons (Fsp3) is 0.812. The number of carbonyl (C=O) groups excluding carboxylic acids is 1. The van der Waals surface area contributed by atoms with Crippen molar-refractivity contribution in [2.75, 3.05) is 0 Å². The van der Waals surface area contributed by atoms with Crippen molar-refractivity contribution in [3.05, 3.63) is 11.6 Å². The number of rotatable bonds is 0. The monoisotopic (exact) mass is 248 g/mol. The SMILES string of the molecule is CC1(C)CCC[C@]2(C)C3=CC(=O)O[C@]3(C)CCC12. The molecule has 18 heavy (non-hydrogen) atoms. The molecule has 2 fully saturated rings. The van der Waals surface area contributed by atoms with E-state index in [1.54, 1.807) is 6.08 Å². The first-order valence-corrected chi connectivity index (χ1v) is 7.24. The average Bonchev–Trinajstić information content (AvgIpc) is 2.53. The van der Waals surface area contributed by atoms with Crippen molar-refractivity contribution in [1.29, 1.82) is 0 Å². The molecule has 1 unspecified atom stereocenters. The lowest BCUT2D eigenvalue weighted by Crippen LogP contribution is -2.52. The first-order valence-electron chi connectivity index (χ1n) is 7.24. The van der Waals surface area contributed by atoms with E-state index in [4.69, 9.17) is 4.74 Å². The summed E-state index contributed by atoms with van der Waals surface area (Å²) in [5.41, 5.74) is 1.53. The van der Waals surface area contributed by atoms with Gasteiger partial charge in [0, 0.05) is 6.08 Å². The molecule has 3 rings (SSSR count). The van der Waals surface area contributed by atoms with Gasteiger partial charge in [-0.3, -0.25) is 0 Å². The summed E-state index contributed by atoms with van der Waals surface area (Å²) < 4.78 is 5.60. The van der Waals surface area contributed by atoms with Crippen LogP contribution < -0.4 is 0 Å². The second-order valence-electron chi connectivity index (χ2n) is 7.56. The molecule has 0 aromatic heterocycles. The van der Waals surface area contributed by atoms with Gasteiger partial charge in [-0.15, -0.1) is 0 Å². The van der Waals surface area contributed by atoms with Crippen molar-refractivity contribution in [2.45, 2.75) is 65.4 Å². The maximum absolute atomic E-state index is 11.7. The van der Waals surface area contributed by atoms with Gasteiger partial charge < -0.3 is 4.74 Å². The van der Waals surface area contributed by atoms with Crippen LogP contribution in [0.25, 0.3) is 0 Å². The molecule has 1 aliphatic heterocycles. The number of hydrogen-bond donors (Lipinski definition) is 0. The van der Waals surface area contributed by atoms with Crippen molar-refractivity contribution in [3.63, 3.8) is 0 Å². The largest absolute Gasteiger partial charge is 0.452 e. The molecule has 0 amide bonds. The Hall–Kier alpha value is -0.790. The van der Waals surface area contributed by atoms with Gasteiger partial charge in [-0.05, 0) is 54.9 Å². The summed E-state index contributed by atoms with van der Waals surface area (Å²) in [6.45, 7) is 9.27. The highest BCUT2D eigenvalue weighted by Gasteiger charge is 2.58. The smallest absolute Gasteiger partial charge is 0.331 e. The molecule has 1 heterocycles. The van der Waals surface area contributed by atoms with Crippen LogP contribution in [0.1, 0.15) is 59.8 Å². The normalized spacial score (nSPS) is 45.9. The summed E-state index contributed by atoms with van der Waals surface area (Å²) in [5.74, 6) is 0.560. The van der Waals surface area contributed by atoms with Crippen LogP contribution in [-0.4, -0.2) is 11.6 Å². The van der Waals surface area contributed by atoms with Crippen LogP contribution in [0, 0.1) is 16.7 Å². The molecule has 0 bridgehead atoms. The summed E-state index contributed by atoms with van der Waals surface area (Å²) in [7, 11) is 0. The van der Waals surface area contributed by atoms with Gasteiger partial charge in [0.25, 0.3) is 0 Å². The van der Waals surface area contributed by atoms with Gasteiger partial charge in [0.1, 0.15) is 5.60 Å². The van der Waals surface area contributed by atoms with Crippen LogP contribution in [0.15, 0.2) is 11.6 Å². The lowest BCUT2D eigenvalue weighted by Gasteiger charge is -2.57. The molecule has 3 atom stereocenters. The fourth-order valence-electron chi connectivity index (χ4n) is 5.11. The summed E-state index contributed by atoms with van der Waals surface area (Å²) in [6.07, 6.45) is 7.76. The van der Waals surface area contributed by atoms with Crippen molar-refractivity contribution >= 4 is 5.97 Å². The van der Waals surface area contributed by atoms with E-state index < -0.39 is 0 Å². The molecule has 0 N–H and O–H groups in total. The molecule has 0 aromatic rings. The lowest BCUT2D eigenvalue weighted by molar-refractivity contribution is -0.149. The van der Waals surface area contributed by atoms with Gasteiger partial charge in [-0.2, -0.15) is 0 Å². The van der Waals surface area contributed by atoms with E-state index in [9.17, 15) is 4.79 Å². The molecule has 2 heteroatoms. The summed E-state index contributed by atoms with van der Waals surface area (Å²) in [5, 5.41) is 0. The van der Waals surface area contributed by atoms with Crippen LogP contribution in [0.2, 0.25) is 0 Å².